The topological polar surface area (TPSA) is 41.6 Å². The quantitative estimate of drug-likeness (QED) is 0.680. The summed E-state index contributed by atoms with van der Waals surface area (Å²) in [5, 5.41) is 3.23. The van der Waals surface area contributed by atoms with Gasteiger partial charge in [0.05, 0.1) is 6.54 Å². The van der Waals surface area contributed by atoms with Crippen LogP contribution in [0.1, 0.15) is 19.3 Å². The maximum Gasteiger partial charge on any atom is 0.320 e. The molecule has 0 aromatic carbocycles. The van der Waals surface area contributed by atoms with Crippen molar-refractivity contribution >= 4 is 5.97 Å². The minimum absolute atomic E-state index is 0.0571. The summed E-state index contributed by atoms with van der Waals surface area (Å²) in [5.74, 6) is 0.733. The lowest BCUT2D eigenvalue weighted by atomic mass is 10.1. The van der Waals surface area contributed by atoms with Crippen LogP contribution in [0.25, 0.3) is 0 Å². The van der Waals surface area contributed by atoms with E-state index in [0.29, 0.717) is 19.2 Å². The number of carbonyl (C=O) groups excluding carboxylic acids is 1. The second-order valence-electron chi connectivity index (χ2n) is 4.58. The van der Waals surface area contributed by atoms with E-state index in [4.69, 9.17) is 4.74 Å². The van der Waals surface area contributed by atoms with E-state index in [1.54, 1.807) is 0 Å². The zero-order valence-corrected chi connectivity index (χ0v) is 9.37. The lowest BCUT2D eigenvalue weighted by Gasteiger charge is -2.31. The molecule has 2 rings (SSSR count). The molecule has 86 valence electrons. The average Bonchev–Trinajstić information content (AvgIpc) is 2.67. The van der Waals surface area contributed by atoms with Crippen LogP contribution in [-0.2, 0) is 9.53 Å². The van der Waals surface area contributed by atoms with E-state index in [0.717, 1.165) is 19.0 Å². The number of carbonyl (C=O) groups is 1. The van der Waals surface area contributed by atoms with Gasteiger partial charge in [0.2, 0.25) is 0 Å². The van der Waals surface area contributed by atoms with Gasteiger partial charge in [0.15, 0.2) is 0 Å². The zero-order valence-electron chi connectivity index (χ0n) is 9.37. The molecule has 0 aromatic heterocycles. The van der Waals surface area contributed by atoms with E-state index in [1.807, 2.05) is 7.05 Å². The Morgan fingerprint density at radius 2 is 2.40 bits per heavy atom. The molecule has 1 heterocycles. The highest BCUT2D eigenvalue weighted by Crippen LogP contribution is 2.29. The Morgan fingerprint density at radius 1 is 1.53 bits per heavy atom. The molecule has 1 aliphatic heterocycles. The van der Waals surface area contributed by atoms with Crippen LogP contribution in [0.3, 0.4) is 0 Å². The second kappa shape index (κ2) is 4.94. The first-order valence-electron chi connectivity index (χ1n) is 5.84. The van der Waals surface area contributed by atoms with Crippen LogP contribution in [-0.4, -0.2) is 50.2 Å². The SMILES string of the molecule is CNCC1CCC(N2CCOC(=O)C2)C1. The Labute approximate surface area is 91.0 Å². The van der Waals surface area contributed by atoms with Gasteiger partial charge in [-0.1, -0.05) is 0 Å². The molecule has 0 aromatic rings. The first-order chi connectivity index (χ1) is 7.29. The number of morpholine rings is 1. The van der Waals surface area contributed by atoms with E-state index >= 15 is 0 Å². The van der Waals surface area contributed by atoms with Crippen LogP contribution in [0.2, 0.25) is 0 Å². The number of esters is 1. The molecule has 15 heavy (non-hydrogen) atoms. The van der Waals surface area contributed by atoms with Crippen molar-refractivity contribution in [3.63, 3.8) is 0 Å². The summed E-state index contributed by atoms with van der Waals surface area (Å²) in [7, 11) is 2.01. The first-order valence-corrected chi connectivity index (χ1v) is 5.84. The number of nitrogens with one attached hydrogen (secondary N) is 1. The Balaban J connectivity index is 1.81. The molecule has 2 aliphatic rings. The van der Waals surface area contributed by atoms with Crippen molar-refractivity contribution in [2.75, 3.05) is 33.3 Å². The predicted octanol–water partition coefficient (Wildman–Crippen LogP) is 0.233. The summed E-state index contributed by atoms with van der Waals surface area (Å²) < 4.78 is 4.95. The Morgan fingerprint density at radius 3 is 3.13 bits per heavy atom. The van der Waals surface area contributed by atoms with Crippen molar-refractivity contribution in [2.45, 2.75) is 25.3 Å². The molecule has 1 saturated carbocycles. The van der Waals surface area contributed by atoms with Crippen molar-refractivity contribution in [1.29, 1.82) is 0 Å². The molecule has 0 radical (unpaired) electrons. The van der Waals surface area contributed by atoms with Gasteiger partial charge in [-0.3, -0.25) is 9.69 Å². The van der Waals surface area contributed by atoms with E-state index in [1.165, 1.54) is 19.3 Å². The molecule has 1 aliphatic carbocycles. The average molecular weight is 212 g/mol. The van der Waals surface area contributed by atoms with Crippen molar-refractivity contribution in [2.24, 2.45) is 5.92 Å². The third kappa shape index (κ3) is 2.69. The highest BCUT2D eigenvalue weighted by Gasteiger charge is 2.31. The number of rotatable bonds is 3. The molecular weight excluding hydrogens is 192 g/mol. The molecule has 2 unspecified atom stereocenters. The van der Waals surface area contributed by atoms with Crippen LogP contribution >= 0.6 is 0 Å². The summed E-state index contributed by atoms with van der Waals surface area (Å²) in [6, 6.07) is 0.608. The molecule has 1 N–H and O–H groups in total. The zero-order chi connectivity index (χ0) is 10.7. The summed E-state index contributed by atoms with van der Waals surface area (Å²) in [6.07, 6.45) is 3.75. The number of ether oxygens (including phenoxy) is 1. The third-order valence-electron chi connectivity index (χ3n) is 3.50. The van der Waals surface area contributed by atoms with Crippen LogP contribution in [0.4, 0.5) is 0 Å². The normalized spacial score (nSPS) is 33.0. The van der Waals surface area contributed by atoms with Crippen LogP contribution in [0, 0.1) is 5.92 Å². The molecule has 4 heteroatoms. The minimum Gasteiger partial charge on any atom is -0.463 e. The van der Waals surface area contributed by atoms with E-state index in [-0.39, 0.29) is 5.97 Å². The molecule has 2 fully saturated rings. The van der Waals surface area contributed by atoms with Gasteiger partial charge in [-0.05, 0) is 38.8 Å². The largest absolute Gasteiger partial charge is 0.463 e. The minimum atomic E-state index is -0.0571. The molecular formula is C11H20N2O2. The number of nitrogens with zero attached hydrogens (tertiary/aromatic N) is 1. The lowest BCUT2D eigenvalue weighted by molar-refractivity contribution is -0.151. The van der Waals surface area contributed by atoms with Crippen molar-refractivity contribution < 1.29 is 9.53 Å². The molecule has 0 bridgehead atoms. The van der Waals surface area contributed by atoms with Gasteiger partial charge in [0.1, 0.15) is 6.61 Å². The van der Waals surface area contributed by atoms with Crippen molar-refractivity contribution in [3.05, 3.63) is 0 Å². The van der Waals surface area contributed by atoms with Crippen LogP contribution in [0.5, 0.6) is 0 Å². The summed E-state index contributed by atoms with van der Waals surface area (Å²) in [4.78, 5) is 13.5. The van der Waals surface area contributed by atoms with Crippen molar-refractivity contribution in [1.82, 2.24) is 10.2 Å². The standard InChI is InChI=1S/C11H20N2O2/c1-12-7-9-2-3-10(6-9)13-4-5-15-11(14)8-13/h9-10,12H,2-8H2,1H3. The highest BCUT2D eigenvalue weighted by molar-refractivity contribution is 5.72. The van der Waals surface area contributed by atoms with Gasteiger partial charge >= 0.3 is 5.97 Å². The van der Waals surface area contributed by atoms with E-state index < -0.39 is 0 Å². The van der Waals surface area contributed by atoms with Crippen molar-refractivity contribution in [3.8, 4) is 0 Å². The van der Waals surface area contributed by atoms with Gasteiger partial charge in [-0.2, -0.15) is 0 Å². The molecule has 4 nitrogen and oxygen atoms in total. The maximum atomic E-state index is 11.2. The Hall–Kier alpha value is -0.610. The fraction of sp³-hybridized carbons (Fsp3) is 0.909. The molecule has 2 atom stereocenters. The fourth-order valence-corrected chi connectivity index (χ4v) is 2.73. The van der Waals surface area contributed by atoms with Gasteiger partial charge in [0, 0.05) is 12.6 Å². The highest BCUT2D eigenvalue weighted by atomic mass is 16.5. The molecule has 1 saturated heterocycles. The molecule has 0 spiro atoms. The fourth-order valence-electron chi connectivity index (χ4n) is 2.73. The third-order valence-corrected chi connectivity index (χ3v) is 3.50. The van der Waals surface area contributed by atoms with Gasteiger partial charge in [-0.25, -0.2) is 0 Å². The number of hydrogen-bond acceptors (Lipinski definition) is 4. The monoisotopic (exact) mass is 212 g/mol. The molecule has 0 amide bonds. The summed E-state index contributed by atoms with van der Waals surface area (Å²) in [6.45, 7) is 3.10. The van der Waals surface area contributed by atoms with Crippen LogP contribution in [0.15, 0.2) is 0 Å². The van der Waals surface area contributed by atoms with E-state index in [9.17, 15) is 4.79 Å². The van der Waals surface area contributed by atoms with E-state index in [2.05, 4.69) is 10.2 Å². The van der Waals surface area contributed by atoms with Crippen LogP contribution < -0.4 is 5.32 Å². The summed E-state index contributed by atoms with van der Waals surface area (Å²) in [5.41, 5.74) is 0. The smallest absolute Gasteiger partial charge is 0.320 e. The van der Waals surface area contributed by atoms with Gasteiger partial charge < -0.3 is 10.1 Å². The maximum absolute atomic E-state index is 11.2. The summed E-state index contributed by atoms with van der Waals surface area (Å²) >= 11 is 0. The first kappa shape index (κ1) is 10.9. The Kier molecular flexibility index (Phi) is 3.59. The van der Waals surface area contributed by atoms with Gasteiger partial charge in [0.25, 0.3) is 0 Å². The predicted molar refractivity (Wildman–Crippen MR) is 57.6 cm³/mol. The second-order valence-corrected chi connectivity index (χ2v) is 4.58. The lowest BCUT2D eigenvalue weighted by Crippen LogP contribution is -2.45. The number of cyclic esters (lactones) is 1. The Bertz CT molecular complexity index is 233. The number of hydrogen-bond donors (Lipinski definition) is 1. The van der Waals surface area contributed by atoms with Gasteiger partial charge in [-0.15, -0.1) is 0 Å².